The Bertz CT molecular complexity index is 150. The van der Waals surface area contributed by atoms with E-state index in [2.05, 4.69) is 23.4 Å². The molecule has 2 rings (SSSR count). The third-order valence-corrected chi connectivity index (χ3v) is 2.43. The first-order valence-electron chi connectivity index (χ1n) is 4.15. The molecule has 0 bridgehead atoms. The molecule has 0 spiro atoms. The molecule has 0 amide bonds. The van der Waals surface area contributed by atoms with E-state index in [1.807, 2.05) is 0 Å². The molecule has 0 N–H and O–H groups in total. The van der Waals surface area contributed by atoms with Crippen LogP contribution in [-0.4, -0.2) is 12.3 Å². The Morgan fingerprint density at radius 2 is 2.20 bits per heavy atom. The average Bonchev–Trinajstić information content (AvgIpc) is 2.05. The lowest BCUT2D eigenvalue weighted by Crippen LogP contribution is -2.22. The summed E-state index contributed by atoms with van der Waals surface area (Å²) in [7, 11) is 0. The van der Waals surface area contributed by atoms with Crippen LogP contribution in [-0.2, 0) is 0 Å². The van der Waals surface area contributed by atoms with E-state index in [-0.39, 0.29) is 0 Å². The van der Waals surface area contributed by atoms with Gasteiger partial charge in [0.2, 0.25) is 0 Å². The Balaban J connectivity index is 2.14. The van der Waals surface area contributed by atoms with Crippen LogP contribution in [0, 0.1) is 5.92 Å². The van der Waals surface area contributed by atoms with Gasteiger partial charge in [0.15, 0.2) is 0 Å². The van der Waals surface area contributed by atoms with Crippen LogP contribution in [0.3, 0.4) is 0 Å². The highest BCUT2D eigenvalue weighted by molar-refractivity contribution is 5.58. The zero-order valence-corrected chi connectivity index (χ0v) is 6.16. The number of fused-ring (bicyclic) bond motifs is 1. The van der Waals surface area contributed by atoms with Gasteiger partial charge in [-0.05, 0) is 37.8 Å². The highest BCUT2D eigenvalue weighted by Gasteiger charge is 2.21. The Morgan fingerprint density at radius 1 is 1.20 bits per heavy atom. The predicted molar refractivity (Wildman–Crippen MR) is 43.4 cm³/mol. The summed E-state index contributed by atoms with van der Waals surface area (Å²) < 4.78 is 0. The molecule has 0 aromatic carbocycles. The number of rotatable bonds is 0. The summed E-state index contributed by atoms with van der Waals surface area (Å²) in [6.07, 6.45) is 11.8. The fraction of sp³-hybridized carbons (Fsp3) is 0.667. The van der Waals surface area contributed by atoms with Gasteiger partial charge in [-0.2, -0.15) is 0 Å². The van der Waals surface area contributed by atoms with E-state index in [9.17, 15) is 0 Å². The maximum atomic E-state index is 4.48. The van der Waals surface area contributed by atoms with Gasteiger partial charge >= 0.3 is 0 Å². The van der Waals surface area contributed by atoms with Crippen LogP contribution in [0.25, 0.3) is 0 Å². The largest absolute Gasteiger partial charge is 0.294 e. The Labute approximate surface area is 61.9 Å². The van der Waals surface area contributed by atoms with Gasteiger partial charge in [0, 0.05) is 0 Å². The molecule has 0 aromatic rings. The van der Waals surface area contributed by atoms with E-state index in [1.54, 1.807) is 0 Å². The van der Waals surface area contributed by atoms with Crippen LogP contribution < -0.4 is 0 Å². The first-order valence-corrected chi connectivity index (χ1v) is 4.15. The third-order valence-electron chi connectivity index (χ3n) is 2.43. The van der Waals surface area contributed by atoms with Crippen molar-refractivity contribution in [1.82, 2.24) is 0 Å². The fourth-order valence-corrected chi connectivity index (χ4v) is 1.83. The summed E-state index contributed by atoms with van der Waals surface area (Å²) in [6.45, 7) is 0. The lowest BCUT2D eigenvalue weighted by atomic mass is 9.86. The summed E-state index contributed by atoms with van der Waals surface area (Å²) in [6, 6.07) is 0.638. The van der Waals surface area contributed by atoms with E-state index < -0.39 is 0 Å². The van der Waals surface area contributed by atoms with Gasteiger partial charge < -0.3 is 0 Å². The van der Waals surface area contributed by atoms with Gasteiger partial charge in [0.25, 0.3) is 0 Å². The van der Waals surface area contributed by atoms with Crippen LogP contribution in [0.15, 0.2) is 17.1 Å². The van der Waals surface area contributed by atoms with Crippen molar-refractivity contribution in [3.8, 4) is 0 Å². The minimum Gasteiger partial charge on any atom is -0.294 e. The van der Waals surface area contributed by atoms with Crippen LogP contribution >= 0.6 is 0 Å². The number of aliphatic imine (C=N–C) groups is 1. The Hall–Kier alpha value is -0.590. The molecule has 2 unspecified atom stereocenters. The summed E-state index contributed by atoms with van der Waals surface area (Å²) in [5.41, 5.74) is 0. The normalized spacial score (nSPS) is 37.6. The molecule has 10 heavy (non-hydrogen) atoms. The minimum atomic E-state index is 0.638. The molecule has 1 heteroatoms. The summed E-state index contributed by atoms with van der Waals surface area (Å²) >= 11 is 0. The van der Waals surface area contributed by atoms with Gasteiger partial charge in [-0.25, -0.2) is 0 Å². The first kappa shape index (κ1) is 6.14. The lowest BCUT2D eigenvalue weighted by molar-refractivity contribution is 0.426. The van der Waals surface area contributed by atoms with Gasteiger partial charge in [0.1, 0.15) is 0 Å². The van der Waals surface area contributed by atoms with Crippen molar-refractivity contribution in [1.29, 1.82) is 0 Å². The maximum absolute atomic E-state index is 4.48. The topological polar surface area (TPSA) is 12.4 Å². The second-order valence-corrected chi connectivity index (χ2v) is 3.15. The molecule has 0 saturated carbocycles. The number of hydrogen-bond acceptors (Lipinski definition) is 1. The highest BCUT2D eigenvalue weighted by atomic mass is 14.8. The van der Waals surface area contributed by atoms with E-state index >= 15 is 0 Å². The van der Waals surface area contributed by atoms with Crippen molar-refractivity contribution in [3.63, 3.8) is 0 Å². The Kier molecular flexibility index (Phi) is 1.58. The molecular formula is C9H13N. The number of allylic oxidation sites excluding steroid dienone is 1. The maximum Gasteiger partial charge on any atom is 0.0561 e. The van der Waals surface area contributed by atoms with Crippen molar-refractivity contribution < 1.29 is 0 Å². The van der Waals surface area contributed by atoms with Gasteiger partial charge in [-0.15, -0.1) is 0 Å². The molecule has 2 atom stereocenters. The molecule has 0 saturated heterocycles. The van der Waals surface area contributed by atoms with E-state index in [0.29, 0.717) is 6.04 Å². The number of nitrogens with zero attached hydrogens (tertiary/aromatic N) is 1. The molecule has 1 heterocycles. The molecule has 1 nitrogen and oxygen atoms in total. The highest BCUT2D eigenvalue weighted by Crippen LogP contribution is 2.27. The molecule has 0 fully saturated rings. The van der Waals surface area contributed by atoms with Crippen molar-refractivity contribution in [2.24, 2.45) is 10.9 Å². The standard InChI is InChI=1S/C9H13N/c1-2-6-9-8(4-1)5-3-7-10-9/h1,4,7-9H,2-3,5-6H2. The molecule has 1 aliphatic heterocycles. The average molecular weight is 135 g/mol. The van der Waals surface area contributed by atoms with Crippen molar-refractivity contribution in [2.45, 2.75) is 31.7 Å². The molecule has 0 aromatic heterocycles. The van der Waals surface area contributed by atoms with Crippen LogP contribution in [0.4, 0.5) is 0 Å². The SMILES string of the molecule is C1=CC2CCC=NC2CC1. The predicted octanol–water partition coefficient (Wildman–Crippen LogP) is 2.19. The smallest absolute Gasteiger partial charge is 0.0561 e. The second kappa shape index (κ2) is 2.57. The van der Waals surface area contributed by atoms with Crippen molar-refractivity contribution in [3.05, 3.63) is 12.2 Å². The zero-order valence-electron chi connectivity index (χ0n) is 6.16. The van der Waals surface area contributed by atoms with Crippen LogP contribution in [0.5, 0.6) is 0 Å². The molecule has 2 aliphatic rings. The molecule has 1 aliphatic carbocycles. The van der Waals surface area contributed by atoms with E-state index in [0.717, 1.165) is 5.92 Å². The first-order chi connectivity index (χ1) is 4.97. The van der Waals surface area contributed by atoms with E-state index in [4.69, 9.17) is 0 Å². The number of hydrogen-bond donors (Lipinski definition) is 0. The summed E-state index contributed by atoms with van der Waals surface area (Å²) in [5, 5.41) is 0. The quantitative estimate of drug-likeness (QED) is 0.451. The van der Waals surface area contributed by atoms with Gasteiger partial charge in [-0.1, -0.05) is 12.2 Å². The molecule has 0 radical (unpaired) electrons. The lowest BCUT2D eigenvalue weighted by Gasteiger charge is -2.26. The second-order valence-electron chi connectivity index (χ2n) is 3.15. The van der Waals surface area contributed by atoms with Crippen molar-refractivity contribution in [2.75, 3.05) is 0 Å². The molecule has 54 valence electrons. The van der Waals surface area contributed by atoms with E-state index in [1.165, 1.54) is 25.7 Å². The monoisotopic (exact) mass is 135 g/mol. The van der Waals surface area contributed by atoms with Crippen LogP contribution in [0.2, 0.25) is 0 Å². The third kappa shape index (κ3) is 1.00. The van der Waals surface area contributed by atoms with Crippen molar-refractivity contribution >= 4 is 6.21 Å². The summed E-state index contributed by atoms with van der Waals surface area (Å²) in [5.74, 6) is 0.777. The minimum absolute atomic E-state index is 0.638. The Morgan fingerprint density at radius 3 is 3.10 bits per heavy atom. The van der Waals surface area contributed by atoms with Crippen LogP contribution in [0.1, 0.15) is 25.7 Å². The summed E-state index contributed by atoms with van der Waals surface area (Å²) in [4.78, 5) is 4.48. The van der Waals surface area contributed by atoms with Gasteiger partial charge in [0.05, 0.1) is 6.04 Å². The zero-order chi connectivity index (χ0) is 6.81. The van der Waals surface area contributed by atoms with Gasteiger partial charge in [-0.3, -0.25) is 4.99 Å². The fourth-order valence-electron chi connectivity index (χ4n) is 1.83. The molecular weight excluding hydrogens is 122 g/mol.